The van der Waals surface area contributed by atoms with E-state index in [0.29, 0.717) is 0 Å². The van der Waals surface area contributed by atoms with E-state index >= 15 is 0 Å². The highest BCUT2D eigenvalue weighted by Gasteiger charge is 2.37. The molecule has 0 radical (unpaired) electrons. The maximum Gasteiger partial charge on any atom is 0.404 e. The Morgan fingerprint density at radius 1 is 1.56 bits per heavy atom. The van der Waals surface area contributed by atoms with E-state index in [0.717, 1.165) is 0 Å². The molecule has 0 rings (SSSR count). The molecule has 1 N–H and O–H groups in total. The van der Waals surface area contributed by atoms with Gasteiger partial charge in [-0.05, 0) is 7.05 Å². The Labute approximate surface area is 59.7 Å². The van der Waals surface area contributed by atoms with E-state index in [9.17, 15) is 13.2 Å². The fourth-order valence-electron chi connectivity index (χ4n) is 0.328. The summed E-state index contributed by atoms with van der Waals surface area (Å²) in [6, 6.07) is -1.43. The molecule has 0 saturated heterocycles. The van der Waals surface area contributed by atoms with Gasteiger partial charge >= 0.3 is 6.18 Å². The molecule has 0 bridgehead atoms. The lowest BCUT2D eigenvalue weighted by Gasteiger charge is -2.15. The number of hydrogen-bond acceptors (Lipinski definition) is 1. The monoisotopic (exact) mass is 205 g/mol. The van der Waals surface area contributed by atoms with Crippen LogP contribution in [-0.4, -0.2) is 24.6 Å². The average molecular weight is 206 g/mol. The van der Waals surface area contributed by atoms with Crippen molar-refractivity contribution >= 4 is 15.9 Å². The maximum absolute atomic E-state index is 11.6. The fraction of sp³-hybridized carbons (Fsp3) is 1.00. The normalized spacial score (nSPS) is 15.7. The average Bonchev–Trinajstić information content (AvgIpc) is 1.65. The summed E-state index contributed by atoms with van der Waals surface area (Å²) in [6.07, 6.45) is -4.14. The molecule has 0 aromatic heterocycles. The van der Waals surface area contributed by atoms with Crippen LogP contribution in [0.3, 0.4) is 0 Å². The number of nitrogens with one attached hydrogen (secondary N) is 1. The van der Waals surface area contributed by atoms with E-state index < -0.39 is 12.2 Å². The van der Waals surface area contributed by atoms with Gasteiger partial charge in [0.25, 0.3) is 0 Å². The van der Waals surface area contributed by atoms with Crippen molar-refractivity contribution in [1.82, 2.24) is 5.32 Å². The highest BCUT2D eigenvalue weighted by atomic mass is 79.9. The molecule has 0 aliphatic carbocycles. The highest BCUT2D eigenvalue weighted by molar-refractivity contribution is 9.09. The van der Waals surface area contributed by atoms with Gasteiger partial charge in [0.2, 0.25) is 0 Å². The van der Waals surface area contributed by atoms with Gasteiger partial charge in [-0.2, -0.15) is 13.2 Å². The Hall–Kier alpha value is 0.230. The minimum Gasteiger partial charge on any atom is -0.309 e. The maximum atomic E-state index is 11.6. The Morgan fingerprint density at radius 3 is 2.00 bits per heavy atom. The van der Waals surface area contributed by atoms with Crippen LogP contribution in [0.2, 0.25) is 0 Å². The first-order valence-corrected chi connectivity index (χ1v) is 3.44. The Morgan fingerprint density at radius 2 is 2.00 bits per heavy atom. The summed E-state index contributed by atoms with van der Waals surface area (Å²) >= 11 is 2.73. The van der Waals surface area contributed by atoms with Crippen LogP contribution in [0.4, 0.5) is 13.2 Å². The van der Waals surface area contributed by atoms with Crippen LogP contribution in [0.1, 0.15) is 0 Å². The van der Waals surface area contributed by atoms with Crippen LogP contribution < -0.4 is 5.32 Å². The van der Waals surface area contributed by atoms with Crippen molar-refractivity contribution in [2.45, 2.75) is 12.2 Å². The van der Waals surface area contributed by atoms with Crippen LogP contribution in [-0.2, 0) is 0 Å². The zero-order valence-electron chi connectivity index (χ0n) is 4.80. The van der Waals surface area contributed by atoms with Gasteiger partial charge in [0.15, 0.2) is 0 Å². The Balaban J connectivity index is 3.79. The summed E-state index contributed by atoms with van der Waals surface area (Å²) in [4.78, 5) is 0. The number of hydrogen-bond donors (Lipinski definition) is 1. The predicted molar refractivity (Wildman–Crippen MR) is 32.7 cm³/mol. The largest absolute Gasteiger partial charge is 0.404 e. The third kappa shape index (κ3) is 3.05. The number of halogens is 4. The van der Waals surface area contributed by atoms with Gasteiger partial charge in [0.05, 0.1) is 0 Å². The van der Waals surface area contributed by atoms with Gasteiger partial charge in [0.1, 0.15) is 6.04 Å². The van der Waals surface area contributed by atoms with Crippen LogP contribution in [0.25, 0.3) is 0 Å². The summed E-state index contributed by atoms with van der Waals surface area (Å²) in [5, 5.41) is 2.02. The van der Waals surface area contributed by atoms with Crippen molar-refractivity contribution in [3.8, 4) is 0 Å². The molecule has 1 atom stereocenters. The Bertz CT molecular complexity index is 78.4. The minimum atomic E-state index is -4.14. The molecule has 0 spiro atoms. The van der Waals surface area contributed by atoms with Gasteiger partial charge in [-0.25, -0.2) is 0 Å². The van der Waals surface area contributed by atoms with E-state index in [4.69, 9.17) is 0 Å². The summed E-state index contributed by atoms with van der Waals surface area (Å²) in [6.45, 7) is 0. The minimum absolute atomic E-state index is 0.104. The van der Waals surface area contributed by atoms with Crippen LogP contribution in [0.5, 0.6) is 0 Å². The van der Waals surface area contributed by atoms with Crippen molar-refractivity contribution in [3.05, 3.63) is 0 Å². The van der Waals surface area contributed by atoms with Crippen LogP contribution in [0, 0.1) is 0 Å². The zero-order valence-corrected chi connectivity index (χ0v) is 6.38. The Kier molecular flexibility index (Phi) is 3.50. The molecule has 0 aliphatic rings. The van der Waals surface area contributed by atoms with E-state index in [1.54, 1.807) is 0 Å². The molecule has 0 heterocycles. The third-order valence-electron chi connectivity index (χ3n) is 0.898. The van der Waals surface area contributed by atoms with Gasteiger partial charge in [-0.1, -0.05) is 15.9 Å². The zero-order chi connectivity index (χ0) is 7.49. The molecule has 0 fully saturated rings. The summed E-state index contributed by atoms with van der Waals surface area (Å²) in [5.74, 6) is 0. The molecule has 56 valence electrons. The summed E-state index contributed by atoms with van der Waals surface area (Å²) < 4.78 is 34.9. The van der Waals surface area contributed by atoms with Gasteiger partial charge in [0, 0.05) is 5.33 Å². The van der Waals surface area contributed by atoms with Gasteiger partial charge in [-0.15, -0.1) is 0 Å². The SMILES string of the molecule is CNC(CBr)C(F)(F)F. The molecule has 9 heavy (non-hydrogen) atoms. The summed E-state index contributed by atoms with van der Waals surface area (Å²) in [5.41, 5.74) is 0. The lowest BCUT2D eigenvalue weighted by molar-refractivity contribution is -0.148. The molecule has 0 amide bonds. The molecular formula is C4H7BrF3N. The first-order chi connectivity index (χ1) is 4.02. The standard InChI is InChI=1S/C4H7BrF3N/c1-9-3(2-5)4(6,7)8/h3,9H,2H2,1H3. The van der Waals surface area contributed by atoms with Crippen molar-refractivity contribution in [3.63, 3.8) is 0 Å². The van der Waals surface area contributed by atoms with Crippen LogP contribution >= 0.6 is 15.9 Å². The second-order valence-corrected chi connectivity index (χ2v) is 2.18. The highest BCUT2D eigenvalue weighted by Crippen LogP contribution is 2.20. The first-order valence-electron chi connectivity index (χ1n) is 2.32. The van der Waals surface area contributed by atoms with Crippen molar-refractivity contribution in [2.75, 3.05) is 12.4 Å². The predicted octanol–water partition coefficient (Wildman–Crippen LogP) is 1.53. The van der Waals surface area contributed by atoms with Gasteiger partial charge < -0.3 is 5.32 Å². The van der Waals surface area contributed by atoms with E-state index in [-0.39, 0.29) is 5.33 Å². The third-order valence-corrected chi connectivity index (χ3v) is 1.55. The topological polar surface area (TPSA) is 12.0 Å². The fourth-order valence-corrected chi connectivity index (χ4v) is 1.02. The second-order valence-electron chi connectivity index (χ2n) is 1.54. The van der Waals surface area contributed by atoms with Gasteiger partial charge in [-0.3, -0.25) is 0 Å². The lowest BCUT2D eigenvalue weighted by Crippen LogP contribution is -2.41. The van der Waals surface area contributed by atoms with E-state index in [1.165, 1.54) is 7.05 Å². The molecule has 1 unspecified atom stereocenters. The van der Waals surface area contributed by atoms with E-state index in [1.807, 2.05) is 0 Å². The van der Waals surface area contributed by atoms with Crippen LogP contribution in [0.15, 0.2) is 0 Å². The lowest BCUT2D eigenvalue weighted by atomic mass is 10.3. The second kappa shape index (κ2) is 3.41. The number of rotatable bonds is 2. The molecule has 0 aromatic carbocycles. The molecule has 1 nitrogen and oxygen atoms in total. The first kappa shape index (κ1) is 9.23. The molecule has 5 heteroatoms. The van der Waals surface area contributed by atoms with E-state index in [2.05, 4.69) is 21.2 Å². The van der Waals surface area contributed by atoms with Crippen molar-refractivity contribution < 1.29 is 13.2 Å². The van der Waals surface area contributed by atoms with Crippen molar-refractivity contribution in [2.24, 2.45) is 0 Å². The molecule has 0 aromatic rings. The quantitative estimate of drug-likeness (QED) is 0.675. The molecule has 0 aliphatic heterocycles. The smallest absolute Gasteiger partial charge is 0.309 e. The van der Waals surface area contributed by atoms with Crippen molar-refractivity contribution in [1.29, 1.82) is 0 Å². The summed E-state index contributed by atoms with van der Waals surface area (Å²) in [7, 11) is 1.28. The number of alkyl halides is 4. The molecule has 0 saturated carbocycles. The molecular weight excluding hydrogens is 199 g/mol.